The minimum Gasteiger partial charge on any atom is -0.0990 e. The minimum absolute atomic E-state index is 1.08. The molecule has 0 fully saturated rings. The van der Waals surface area contributed by atoms with Crippen LogP contribution in [0.5, 0.6) is 0 Å². The first-order valence-electron chi connectivity index (χ1n) is 10.1. The monoisotopic (exact) mass is 413 g/mol. The maximum absolute atomic E-state index is 2.34. The fourth-order valence-electron chi connectivity index (χ4n) is 3.36. The molecule has 0 amide bonds. The van der Waals surface area contributed by atoms with Gasteiger partial charge in [-0.3, -0.25) is 0 Å². The van der Waals surface area contributed by atoms with Gasteiger partial charge >= 0.3 is 0 Å². The van der Waals surface area contributed by atoms with E-state index >= 15 is 0 Å². The predicted molar refractivity (Wildman–Crippen MR) is 132 cm³/mol. The summed E-state index contributed by atoms with van der Waals surface area (Å²) in [5.74, 6) is 0. The average molecular weight is 414 g/mol. The van der Waals surface area contributed by atoms with Crippen LogP contribution in [0.25, 0.3) is 27.0 Å². The molecule has 0 unspecified atom stereocenters. The third-order valence-electron chi connectivity index (χ3n) is 4.88. The van der Waals surface area contributed by atoms with Gasteiger partial charge in [0, 0.05) is 23.3 Å². The van der Waals surface area contributed by atoms with E-state index in [1.54, 1.807) is 0 Å². The van der Waals surface area contributed by atoms with Crippen molar-refractivity contribution in [2.24, 2.45) is 0 Å². The summed E-state index contributed by atoms with van der Waals surface area (Å²) in [5, 5.41) is 0. The van der Waals surface area contributed by atoms with Crippen molar-refractivity contribution in [3.05, 3.63) is 106 Å². The molecule has 2 aromatic carbocycles. The first-order valence-corrected chi connectivity index (χ1v) is 11.8. The number of hydrogen-bond acceptors (Lipinski definition) is 1. The summed E-state index contributed by atoms with van der Waals surface area (Å²) in [6, 6.07) is 26.0. The Labute approximate surface area is 182 Å². The lowest BCUT2D eigenvalue weighted by atomic mass is 10.1. The number of rotatable bonds is 5. The summed E-state index contributed by atoms with van der Waals surface area (Å²) in [7, 11) is 0. The highest BCUT2D eigenvalue weighted by atomic mass is 32.2. The van der Waals surface area contributed by atoms with Crippen molar-refractivity contribution in [1.29, 1.82) is 0 Å². The van der Waals surface area contributed by atoms with E-state index in [9.17, 15) is 0 Å². The summed E-state index contributed by atoms with van der Waals surface area (Å²) in [4.78, 5) is 5.48. The van der Waals surface area contributed by atoms with Crippen molar-refractivity contribution in [3.63, 3.8) is 0 Å². The van der Waals surface area contributed by atoms with Gasteiger partial charge < -0.3 is 0 Å². The zero-order valence-electron chi connectivity index (χ0n) is 16.9. The van der Waals surface area contributed by atoms with Gasteiger partial charge in [-0.05, 0) is 76.3 Å². The molecule has 0 saturated heterocycles. The Hall–Kier alpha value is -2.42. The van der Waals surface area contributed by atoms with E-state index in [-0.39, 0.29) is 0 Å². The molecule has 0 spiro atoms. The van der Waals surface area contributed by atoms with E-state index in [0.29, 0.717) is 0 Å². The highest BCUT2D eigenvalue weighted by molar-refractivity contribution is 8.06. The molecule has 29 heavy (non-hydrogen) atoms. The molecule has 0 aliphatic carbocycles. The van der Waals surface area contributed by atoms with Gasteiger partial charge in [0.1, 0.15) is 0 Å². The number of thioether (sulfide) groups is 1. The average Bonchev–Trinajstić information content (AvgIpc) is 2.79. The van der Waals surface area contributed by atoms with Crippen molar-refractivity contribution in [2.75, 3.05) is 0 Å². The van der Waals surface area contributed by atoms with Gasteiger partial charge in [0.25, 0.3) is 0 Å². The van der Waals surface area contributed by atoms with Crippen molar-refractivity contribution in [3.8, 4) is 20.9 Å². The van der Waals surface area contributed by atoms with E-state index in [1.807, 2.05) is 23.1 Å². The summed E-state index contributed by atoms with van der Waals surface area (Å²) in [6.45, 7) is 4.47. The van der Waals surface area contributed by atoms with Crippen molar-refractivity contribution in [1.82, 2.24) is 0 Å². The van der Waals surface area contributed by atoms with Gasteiger partial charge in [-0.15, -0.1) is 0 Å². The summed E-state index contributed by atoms with van der Waals surface area (Å²) < 4.78 is 0. The van der Waals surface area contributed by atoms with Crippen LogP contribution >= 0.6 is 23.1 Å². The second-order valence-corrected chi connectivity index (χ2v) is 9.36. The normalized spacial score (nSPS) is 13.7. The smallest absolute Gasteiger partial charge is 0.0990 e. The topological polar surface area (TPSA) is 0 Å². The molecule has 2 heteroatoms. The lowest BCUT2D eigenvalue weighted by Gasteiger charge is -2.14. The minimum atomic E-state index is 1.08. The van der Waals surface area contributed by atoms with Gasteiger partial charge in [-0.1, -0.05) is 62.0 Å². The molecule has 1 aromatic heterocycles. The Bertz CT molecular complexity index is 994. The van der Waals surface area contributed by atoms with E-state index < -0.39 is 0 Å². The van der Waals surface area contributed by atoms with Crippen molar-refractivity contribution >= 4 is 29.2 Å². The molecule has 0 nitrogen and oxygen atoms in total. The van der Waals surface area contributed by atoms with Crippen molar-refractivity contribution in [2.45, 2.75) is 26.7 Å². The molecule has 0 bridgehead atoms. The Kier molecular flexibility index (Phi) is 6.43. The van der Waals surface area contributed by atoms with Crippen LogP contribution in [0.4, 0.5) is 0 Å². The Morgan fingerprint density at radius 1 is 0.724 bits per heavy atom. The van der Waals surface area contributed by atoms with Crippen LogP contribution in [0.15, 0.2) is 100 Å². The van der Waals surface area contributed by atoms with Crippen LogP contribution in [0.1, 0.15) is 32.3 Å². The molecule has 4 rings (SSSR count). The van der Waals surface area contributed by atoms with Gasteiger partial charge in [0.05, 0.1) is 0 Å². The van der Waals surface area contributed by atoms with Crippen LogP contribution in [-0.2, 0) is 0 Å². The fraction of sp³-hybridized carbons (Fsp3) is 0.148. The Morgan fingerprint density at radius 2 is 1.21 bits per heavy atom. The van der Waals surface area contributed by atoms with Crippen LogP contribution in [0.2, 0.25) is 0 Å². The third kappa shape index (κ3) is 4.95. The van der Waals surface area contributed by atoms with Crippen LogP contribution in [0.3, 0.4) is 0 Å². The zero-order chi connectivity index (χ0) is 20.1. The molecule has 144 valence electrons. The number of allylic oxidation sites excluding steroid dienone is 5. The van der Waals surface area contributed by atoms with Crippen molar-refractivity contribution < 1.29 is 0 Å². The zero-order valence-corrected chi connectivity index (χ0v) is 18.5. The SMILES string of the molecule is CCC1=CC(=Cc2cc(-c3ccccc3)[s+]c(-c3ccccc3)c2)C=C(CC)S1. The molecule has 3 aromatic rings. The van der Waals surface area contributed by atoms with Gasteiger partial charge in [0.15, 0.2) is 0 Å². The third-order valence-corrected chi connectivity index (χ3v) is 7.36. The lowest BCUT2D eigenvalue weighted by molar-refractivity contribution is 1.16. The molecular formula is C27H25S2+. The number of hydrogen-bond donors (Lipinski definition) is 0. The maximum Gasteiger partial charge on any atom is 0.239 e. The Morgan fingerprint density at radius 3 is 1.66 bits per heavy atom. The second kappa shape index (κ2) is 9.39. The molecule has 2 heterocycles. The van der Waals surface area contributed by atoms with E-state index in [0.717, 1.165) is 12.8 Å². The van der Waals surface area contributed by atoms with E-state index in [2.05, 4.69) is 105 Å². The first-order chi connectivity index (χ1) is 14.2. The Balaban J connectivity index is 1.83. The molecule has 1 aliphatic heterocycles. The number of benzene rings is 2. The largest absolute Gasteiger partial charge is 0.239 e. The second-order valence-electron chi connectivity index (χ2n) is 7.03. The van der Waals surface area contributed by atoms with E-state index in [1.165, 1.54) is 41.8 Å². The summed E-state index contributed by atoms with van der Waals surface area (Å²) in [6.07, 6.45) is 9.17. The standard InChI is InChI=1S/C27H25S2/c1-3-24-16-20(17-25(4-2)28-24)15-21-18-26(22-11-7-5-8-12-22)29-27(19-21)23-13-9-6-10-14-23/h5-19H,3-4H2,1-2H3/q+1. The molecular weight excluding hydrogens is 388 g/mol. The highest BCUT2D eigenvalue weighted by Crippen LogP contribution is 2.38. The predicted octanol–water partition coefficient (Wildman–Crippen LogP) is 9.08. The molecule has 0 atom stereocenters. The quantitative estimate of drug-likeness (QED) is 0.376. The van der Waals surface area contributed by atoms with Gasteiger partial charge in [0.2, 0.25) is 21.1 Å². The van der Waals surface area contributed by atoms with Gasteiger partial charge in [-0.2, -0.15) is 0 Å². The molecule has 0 radical (unpaired) electrons. The van der Waals surface area contributed by atoms with E-state index in [4.69, 9.17) is 0 Å². The molecule has 0 saturated carbocycles. The molecule has 0 N–H and O–H groups in total. The van der Waals surface area contributed by atoms with Crippen LogP contribution in [0, 0.1) is 0 Å². The highest BCUT2D eigenvalue weighted by Gasteiger charge is 2.18. The van der Waals surface area contributed by atoms with Crippen LogP contribution < -0.4 is 0 Å². The molecule has 1 aliphatic rings. The van der Waals surface area contributed by atoms with Gasteiger partial charge in [-0.25, -0.2) is 0 Å². The summed E-state index contributed by atoms with van der Waals surface area (Å²) >= 11 is 3.78. The van der Waals surface area contributed by atoms with Crippen LogP contribution in [-0.4, -0.2) is 0 Å². The lowest BCUT2D eigenvalue weighted by Crippen LogP contribution is -1.89. The maximum atomic E-state index is 2.34. The summed E-state index contributed by atoms with van der Waals surface area (Å²) in [5.41, 5.74) is 5.08. The fourth-order valence-corrected chi connectivity index (χ4v) is 5.51. The first kappa shape index (κ1) is 19.9.